The van der Waals surface area contributed by atoms with Gasteiger partial charge in [0.25, 0.3) is 5.91 Å². The van der Waals surface area contributed by atoms with E-state index >= 15 is 0 Å². The van der Waals surface area contributed by atoms with E-state index in [0.717, 1.165) is 16.7 Å². The molecule has 3 aromatic rings. The highest BCUT2D eigenvalue weighted by Crippen LogP contribution is 2.39. The summed E-state index contributed by atoms with van der Waals surface area (Å²) in [6.07, 6.45) is 1.42. The summed E-state index contributed by atoms with van der Waals surface area (Å²) in [6, 6.07) is 9.73. The van der Waals surface area contributed by atoms with Crippen molar-refractivity contribution in [3.05, 3.63) is 56.5 Å². The number of hydrogen-bond acceptors (Lipinski definition) is 3. The van der Waals surface area contributed by atoms with Gasteiger partial charge in [-0.15, -0.1) is 11.3 Å². The molecule has 8 heteroatoms. The first-order valence-corrected chi connectivity index (χ1v) is 9.68. The number of thiophene rings is 1. The molecule has 1 aliphatic carbocycles. The second kappa shape index (κ2) is 6.95. The van der Waals surface area contributed by atoms with E-state index in [1.807, 2.05) is 18.2 Å². The zero-order valence-corrected chi connectivity index (χ0v) is 15.8. The van der Waals surface area contributed by atoms with Gasteiger partial charge in [0.15, 0.2) is 0 Å². The minimum absolute atomic E-state index is 0.0365. The fourth-order valence-electron chi connectivity index (χ4n) is 3.54. The number of amides is 2. The Balaban J connectivity index is 1.56. The molecule has 0 spiro atoms. The predicted molar refractivity (Wildman–Crippen MR) is 104 cm³/mol. The van der Waals surface area contributed by atoms with Crippen molar-refractivity contribution in [3.8, 4) is 0 Å². The van der Waals surface area contributed by atoms with Crippen molar-refractivity contribution in [2.24, 2.45) is 0 Å². The molecule has 2 heterocycles. The van der Waals surface area contributed by atoms with E-state index in [1.165, 1.54) is 16.9 Å². The van der Waals surface area contributed by atoms with Crippen LogP contribution in [0.2, 0.25) is 9.36 Å². The van der Waals surface area contributed by atoms with Crippen LogP contribution in [0.15, 0.2) is 30.3 Å². The fraction of sp³-hybridized carbons (Fsp3) is 0.222. The first kappa shape index (κ1) is 17.4. The maximum absolute atomic E-state index is 12.7. The van der Waals surface area contributed by atoms with Gasteiger partial charge in [0.05, 0.1) is 15.2 Å². The molecule has 2 aromatic heterocycles. The molecule has 134 valence electrons. The third kappa shape index (κ3) is 2.98. The number of carbonyl (C=O) groups is 2. The lowest BCUT2D eigenvalue weighted by molar-refractivity contribution is -0.109. The highest BCUT2D eigenvalue weighted by molar-refractivity contribution is 7.23. The van der Waals surface area contributed by atoms with Crippen molar-refractivity contribution in [2.45, 2.75) is 18.4 Å². The fourth-order valence-corrected chi connectivity index (χ4v) is 5.03. The molecule has 0 fully saturated rings. The minimum atomic E-state index is -0.200. The molecule has 1 aliphatic rings. The zero-order valence-electron chi connectivity index (χ0n) is 13.5. The Morgan fingerprint density at radius 2 is 2.15 bits per heavy atom. The number of hydrogen-bond donors (Lipinski definition) is 3. The monoisotopic (exact) mass is 407 g/mol. The summed E-state index contributed by atoms with van der Waals surface area (Å²) in [5, 5.41) is 6.26. The van der Waals surface area contributed by atoms with E-state index < -0.39 is 0 Å². The van der Waals surface area contributed by atoms with Crippen LogP contribution in [-0.2, 0) is 11.2 Å². The van der Waals surface area contributed by atoms with E-state index in [9.17, 15) is 9.59 Å². The maximum Gasteiger partial charge on any atom is 0.268 e. The van der Waals surface area contributed by atoms with Gasteiger partial charge in [0, 0.05) is 18.5 Å². The molecule has 0 saturated carbocycles. The lowest BCUT2D eigenvalue weighted by Crippen LogP contribution is -2.41. The van der Waals surface area contributed by atoms with Crippen molar-refractivity contribution in [3.63, 3.8) is 0 Å². The van der Waals surface area contributed by atoms with Crippen molar-refractivity contribution < 1.29 is 9.59 Å². The van der Waals surface area contributed by atoms with Gasteiger partial charge >= 0.3 is 0 Å². The molecule has 1 aromatic carbocycles. The Morgan fingerprint density at radius 3 is 2.92 bits per heavy atom. The molecule has 5 nitrogen and oxygen atoms in total. The normalized spacial score (nSPS) is 18.7. The summed E-state index contributed by atoms with van der Waals surface area (Å²) in [6.45, 7) is 0.479. The molecule has 0 bridgehead atoms. The number of benzene rings is 1. The molecule has 3 N–H and O–H groups in total. The molecule has 2 amide bonds. The Bertz CT molecular complexity index is 998. The van der Waals surface area contributed by atoms with Crippen molar-refractivity contribution >= 4 is 57.1 Å². The van der Waals surface area contributed by atoms with Crippen LogP contribution in [0, 0.1) is 0 Å². The maximum atomic E-state index is 12.7. The van der Waals surface area contributed by atoms with Crippen LogP contribution in [0.4, 0.5) is 0 Å². The van der Waals surface area contributed by atoms with Gasteiger partial charge in [-0.2, -0.15) is 0 Å². The van der Waals surface area contributed by atoms with Crippen molar-refractivity contribution in [1.82, 2.24) is 15.6 Å². The summed E-state index contributed by atoms with van der Waals surface area (Å²) in [4.78, 5) is 26.5. The predicted octanol–water partition coefficient (Wildman–Crippen LogP) is 3.72. The van der Waals surface area contributed by atoms with E-state index in [0.29, 0.717) is 33.5 Å². The number of aromatic amines is 1. The van der Waals surface area contributed by atoms with Gasteiger partial charge in [-0.05, 0) is 23.6 Å². The summed E-state index contributed by atoms with van der Waals surface area (Å²) in [5.41, 5.74) is 3.48. The average molecular weight is 408 g/mol. The molecule has 4 rings (SSSR count). The first-order chi connectivity index (χ1) is 12.6. The Morgan fingerprint density at radius 1 is 1.35 bits per heavy atom. The Hall–Kier alpha value is -2.02. The zero-order chi connectivity index (χ0) is 18.3. The third-order valence-electron chi connectivity index (χ3n) is 4.74. The van der Waals surface area contributed by atoms with Gasteiger partial charge in [-0.3, -0.25) is 9.59 Å². The topological polar surface area (TPSA) is 74.0 Å². The number of rotatable bonds is 5. The SMILES string of the molecule is O=CNC[C@@H]1c2ccccc2C[C@H]1NC(=O)c1cc2sc(Cl)c(Cl)c2[nH]1. The highest BCUT2D eigenvalue weighted by Gasteiger charge is 2.33. The lowest BCUT2D eigenvalue weighted by Gasteiger charge is -2.21. The number of aromatic nitrogens is 1. The molecular weight excluding hydrogens is 393 g/mol. The van der Waals surface area contributed by atoms with Gasteiger partial charge < -0.3 is 15.6 Å². The van der Waals surface area contributed by atoms with Gasteiger partial charge in [0.2, 0.25) is 6.41 Å². The third-order valence-corrected chi connectivity index (χ3v) is 6.67. The van der Waals surface area contributed by atoms with Crippen molar-refractivity contribution in [2.75, 3.05) is 6.54 Å². The van der Waals surface area contributed by atoms with Crippen LogP contribution in [0.1, 0.15) is 27.5 Å². The Labute approximate surface area is 163 Å². The molecule has 2 atom stereocenters. The largest absolute Gasteiger partial charge is 0.358 e. The average Bonchev–Trinajstić information content (AvgIpc) is 3.27. The second-order valence-corrected chi connectivity index (χ2v) is 8.26. The summed E-state index contributed by atoms with van der Waals surface area (Å²) >= 11 is 13.5. The van der Waals surface area contributed by atoms with E-state index in [4.69, 9.17) is 23.2 Å². The van der Waals surface area contributed by atoms with Crippen molar-refractivity contribution in [1.29, 1.82) is 0 Å². The van der Waals surface area contributed by atoms with Gasteiger partial charge in [-0.25, -0.2) is 0 Å². The van der Waals surface area contributed by atoms with Crippen LogP contribution in [0.3, 0.4) is 0 Å². The number of halogens is 2. The number of nitrogens with one attached hydrogen (secondary N) is 3. The minimum Gasteiger partial charge on any atom is -0.358 e. The number of H-pyrrole nitrogens is 1. The van der Waals surface area contributed by atoms with Crippen LogP contribution in [0.25, 0.3) is 10.2 Å². The van der Waals surface area contributed by atoms with Crippen LogP contribution in [0.5, 0.6) is 0 Å². The first-order valence-electron chi connectivity index (χ1n) is 8.10. The molecule has 0 unspecified atom stereocenters. The standard InChI is InChI=1S/C18H15Cl2N3O2S/c19-15-16-14(26-17(15)20)6-13(22-16)18(25)23-12-5-9-3-1-2-4-10(9)11(12)7-21-8-24/h1-4,6,8,11-12,22H,5,7H2,(H,21,24)(H,23,25)/t11-,12-/m1/s1. The van der Waals surface area contributed by atoms with E-state index in [2.05, 4.69) is 21.7 Å². The summed E-state index contributed by atoms with van der Waals surface area (Å²) < 4.78 is 1.35. The quantitative estimate of drug-likeness (QED) is 0.563. The second-order valence-electron chi connectivity index (χ2n) is 6.23. The van der Waals surface area contributed by atoms with E-state index in [1.54, 1.807) is 6.07 Å². The van der Waals surface area contributed by atoms with Crippen LogP contribution >= 0.6 is 34.5 Å². The molecule has 0 radical (unpaired) electrons. The van der Waals surface area contributed by atoms with Crippen LogP contribution < -0.4 is 10.6 Å². The number of carbonyl (C=O) groups excluding carboxylic acids is 2. The summed E-state index contributed by atoms with van der Waals surface area (Å²) in [5.74, 6) is -0.163. The summed E-state index contributed by atoms with van der Waals surface area (Å²) in [7, 11) is 0. The lowest BCUT2D eigenvalue weighted by atomic mass is 9.98. The molecular formula is C18H15Cl2N3O2S. The van der Waals surface area contributed by atoms with Gasteiger partial charge in [0.1, 0.15) is 10.0 Å². The molecule has 26 heavy (non-hydrogen) atoms. The molecule has 0 saturated heterocycles. The van der Waals surface area contributed by atoms with E-state index in [-0.39, 0.29) is 17.9 Å². The van der Waals surface area contributed by atoms with Crippen LogP contribution in [-0.4, -0.2) is 29.9 Å². The number of fused-ring (bicyclic) bond motifs is 2. The molecule has 0 aliphatic heterocycles. The smallest absolute Gasteiger partial charge is 0.268 e. The Kier molecular flexibility index (Phi) is 4.65. The highest BCUT2D eigenvalue weighted by atomic mass is 35.5. The van der Waals surface area contributed by atoms with Gasteiger partial charge in [-0.1, -0.05) is 47.5 Å².